The standard InChI is InChI=1S/C14H25N3OS/c1-4-5-14-16-12-10-15-8-6-13(12)17(14)9-7-11(2)19(3)18/h11,15H,4-10H2,1-3H3. The smallest absolute Gasteiger partial charge is 0.109 e. The summed E-state index contributed by atoms with van der Waals surface area (Å²) in [5, 5.41) is 3.64. The van der Waals surface area contributed by atoms with Crippen molar-refractivity contribution in [3.8, 4) is 0 Å². The Hall–Kier alpha value is -0.680. The molecule has 2 atom stereocenters. The van der Waals surface area contributed by atoms with Gasteiger partial charge in [-0.15, -0.1) is 0 Å². The Labute approximate surface area is 118 Å². The Kier molecular flexibility index (Phi) is 5.16. The second-order valence-corrected chi connectivity index (χ2v) is 7.15. The molecule has 1 aromatic rings. The lowest BCUT2D eigenvalue weighted by atomic mass is 10.2. The van der Waals surface area contributed by atoms with E-state index in [4.69, 9.17) is 4.98 Å². The predicted molar refractivity (Wildman–Crippen MR) is 79.8 cm³/mol. The predicted octanol–water partition coefficient (Wildman–Crippen LogP) is 1.64. The van der Waals surface area contributed by atoms with Crippen LogP contribution in [0, 0.1) is 0 Å². The van der Waals surface area contributed by atoms with Crippen molar-refractivity contribution in [2.24, 2.45) is 0 Å². The molecule has 2 rings (SSSR count). The van der Waals surface area contributed by atoms with Crippen molar-refractivity contribution in [2.75, 3.05) is 12.8 Å². The van der Waals surface area contributed by atoms with E-state index in [0.29, 0.717) is 0 Å². The van der Waals surface area contributed by atoms with Crippen LogP contribution in [0.4, 0.5) is 0 Å². The molecule has 4 nitrogen and oxygen atoms in total. The summed E-state index contributed by atoms with van der Waals surface area (Å²) < 4.78 is 13.9. The van der Waals surface area contributed by atoms with E-state index in [1.165, 1.54) is 17.2 Å². The second-order valence-electron chi connectivity index (χ2n) is 5.35. The van der Waals surface area contributed by atoms with Crippen LogP contribution in [0.1, 0.15) is 43.9 Å². The largest absolute Gasteiger partial charge is 0.332 e. The molecule has 2 heterocycles. The lowest BCUT2D eigenvalue weighted by Crippen LogP contribution is -2.25. The molecule has 1 aromatic heterocycles. The molecule has 0 bridgehead atoms. The molecule has 0 aromatic carbocycles. The molecule has 0 saturated carbocycles. The maximum atomic E-state index is 11.5. The van der Waals surface area contributed by atoms with E-state index in [1.54, 1.807) is 6.26 Å². The Balaban J connectivity index is 2.16. The number of nitrogens with one attached hydrogen (secondary N) is 1. The number of hydrogen-bond acceptors (Lipinski definition) is 3. The van der Waals surface area contributed by atoms with Crippen LogP contribution in [0.2, 0.25) is 0 Å². The summed E-state index contributed by atoms with van der Waals surface area (Å²) in [6, 6.07) is 0. The van der Waals surface area contributed by atoms with Crippen LogP contribution in [-0.2, 0) is 36.7 Å². The van der Waals surface area contributed by atoms with Crippen molar-refractivity contribution in [2.45, 2.75) is 57.9 Å². The first-order valence-electron chi connectivity index (χ1n) is 7.23. The van der Waals surface area contributed by atoms with Gasteiger partial charge in [0.05, 0.1) is 5.69 Å². The molecule has 0 amide bonds. The fraction of sp³-hybridized carbons (Fsp3) is 0.786. The van der Waals surface area contributed by atoms with Gasteiger partial charge in [0.1, 0.15) is 5.82 Å². The summed E-state index contributed by atoms with van der Waals surface area (Å²) in [6.07, 6.45) is 5.99. The first-order chi connectivity index (χ1) is 9.13. The van der Waals surface area contributed by atoms with Crippen molar-refractivity contribution >= 4 is 10.8 Å². The molecule has 108 valence electrons. The van der Waals surface area contributed by atoms with Crippen molar-refractivity contribution < 1.29 is 4.21 Å². The Morgan fingerprint density at radius 3 is 3.00 bits per heavy atom. The van der Waals surface area contributed by atoms with Crippen molar-refractivity contribution in [1.29, 1.82) is 0 Å². The fourth-order valence-corrected chi connectivity index (χ4v) is 3.02. The second kappa shape index (κ2) is 6.66. The highest BCUT2D eigenvalue weighted by Crippen LogP contribution is 2.18. The first-order valence-corrected chi connectivity index (χ1v) is 8.85. The average Bonchev–Trinajstić information content (AvgIpc) is 2.74. The average molecular weight is 283 g/mol. The minimum atomic E-state index is -0.730. The summed E-state index contributed by atoms with van der Waals surface area (Å²) >= 11 is 0. The van der Waals surface area contributed by atoms with Gasteiger partial charge >= 0.3 is 0 Å². The molecule has 2 unspecified atom stereocenters. The number of hydrogen-bond donors (Lipinski definition) is 1. The zero-order valence-corrected chi connectivity index (χ0v) is 13.1. The number of aromatic nitrogens is 2. The number of aryl methyl sites for hydroxylation is 1. The number of rotatable bonds is 6. The molecule has 0 radical (unpaired) electrons. The van der Waals surface area contributed by atoms with Crippen LogP contribution >= 0.6 is 0 Å². The van der Waals surface area contributed by atoms with Crippen LogP contribution in [0.25, 0.3) is 0 Å². The minimum Gasteiger partial charge on any atom is -0.332 e. The van der Waals surface area contributed by atoms with Gasteiger partial charge in [0.2, 0.25) is 0 Å². The van der Waals surface area contributed by atoms with Crippen LogP contribution in [0.15, 0.2) is 0 Å². The summed E-state index contributed by atoms with van der Waals surface area (Å²) in [6.45, 7) is 7.16. The van der Waals surface area contributed by atoms with E-state index in [1.807, 2.05) is 0 Å². The number of imidazole rings is 1. The van der Waals surface area contributed by atoms with E-state index in [9.17, 15) is 4.21 Å². The van der Waals surface area contributed by atoms with Gasteiger partial charge < -0.3 is 9.88 Å². The fourth-order valence-electron chi connectivity index (χ4n) is 2.58. The highest BCUT2D eigenvalue weighted by atomic mass is 32.2. The molecule has 1 aliphatic heterocycles. The SMILES string of the molecule is CCCc1nc2c(n1CCC(C)S(C)=O)CCNC2. The monoisotopic (exact) mass is 283 g/mol. The van der Waals surface area contributed by atoms with Gasteiger partial charge in [-0.25, -0.2) is 4.98 Å². The molecular formula is C14H25N3OS. The van der Waals surface area contributed by atoms with Crippen molar-refractivity contribution in [3.05, 3.63) is 17.2 Å². The van der Waals surface area contributed by atoms with Crippen LogP contribution in [0.3, 0.4) is 0 Å². The summed E-state index contributed by atoms with van der Waals surface area (Å²) in [4.78, 5) is 4.79. The van der Waals surface area contributed by atoms with Crippen LogP contribution in [0.5, 0.6) is 0 Å². The lowest BCUT2D eigenvalue weighted by Gasteiger charge is -2.17. The summed E-state index contributed by atoms with van der Waals surface area (Å²) in [5.74, 6) is 1.21. The zero-order valence-electron chi connectivity index (χ0n) is 12.2. The molecular weight excluding hydrogens is 258 g/mol. The third kappa shape index (κ3) is 3.45. The quantitative estimate of drug-likeness (QED) is 0.863. The highest BCUT2D eigenvalue weighted by Gasteiger charge is 2.19. The van der Waals surface area contributed by atoms with E-state index in [0.717, 1.165) is 45.3 Å². The highest BCUT2D eigenvalue weighted by molar-refractivity contribution is 7.84. The Morgan fingerprint density at radius 2 is 2.32 bits per heavy atom. The van der Waals surface area contributed by atoms with Gasteiger partial charge in [-0.2, -0.15) is 0 Å². The molecule has 19 heavy (non-hydrogen) atoms. The molecule has 5 heteroatoms. The first kappa shape index (κ1) is 14.7. The molecule has 1 N–H and O–H groups in total. The van der Waals surface area contributed by atoms with Crippen molar-refractivity contribution in [1.82, 2.24) is 14.9 Å². The molecule has 0 aliphatic carbocycles. The number of fused-ring (bicyclic) bond motifs is 1. The minimum absolute atomic E-state index is 0.259. The summed E-state index contributed by atoms with van der Waals surface area (Å²) in [7, 11) is -0.730. The topological polar surface area (TPSA) is 46.9 Å². The Bertz CT molecular complexity index is 456. The van der Waals surface area contributed by atoms with E-state index in [-0.39, 0.29) is 5.25 Å². The van der Waals surface area contributed by atoms with Gasteiger partial charge in [0, 0.05) is 60.5 Å². The van der Waals surface area contributed by atoms with Crippen molar-refractivity contribution in [3.63, 3.8) is 0 Å². The lowest BCUT2D eigenvalue weighted by molar-refractivity contribution is 0.552. The maximum Gasteiger partial charge on any atom is 0.109 e. The van der Waals surface area contributed by atoms with Gasteiger partial charge in [-0.3, -0.25) is 4.21 Å². The third-order valence-electron chi connectivity index (χ3n) is 3.87. The third-order valence-corrected chi connectivity index (χ3v) is 5.23. The Morgan fingerprint density at radius 1 is 1.53 bits per heavy atom. The van der Waals surface area contributed by atoms with Gasteiger partial charge in [-0.05, 0) is 12.8 Å². The van der Waals surface area contributed by atoms with E-state index < -0.39 is 10.8 Å². The van der Waals surface area contributed by atoms with Gasteiger partial charge in [0.15, 0.2) is 0 Å². The summed E-state index contributed by atoms with van der Waals surface area (Å²) in [5.41, 5.74) is 2.62. The molecule has 1 aliphatic rings. The van der Waals surface area contributed by atoms with Gasteiger partial charge in [-0.1, -0.05) is 13.8 Å². The zero-order chi connectivity index (χ0) is 13.8. The normalized spacial score (nSPS) is 18.1. The van der Waals surface area contributed by atoms with Crippen LogP contribution in [-0.4, -0.2) is 31.8 Å². The molecule has 0 spiro atoms. The molecule has 0 fully saturated rings. The van der Waals surface area contributed by atoms with E-state index in [2.05, 4.69) is 23.7 Å². The van der Waals surface area contributed by atoms with Gasteiger partial charge in [0.25, 0.3) is 0 Å². The number of nitrogens with zero attached hydrogens (tertiary/aromatic N) is 2. The van der Waals surface area contributed by atoms with Crippen LogP contribution < -0.4 is 5.32 Å². The maximum absolute atomic E-state index is 11.5. The van der Waals surface area contributed by atoms with E-state index >= 15 is 0 Å². The molecule has 0 saturated heterocycles.